The molecule has 7 nitrogen and oxygen atoms in total. The van der Waals surface area contributed by atoms with Crippen LogP contribution in [0.1, 0.15) is 42.4 Å². The second-order valence-corrected chi connectivity index (χ2v) is 12.3. The summed E-state index contributed by atoms with van der Waals surface area (Å²) in [5.41, 5.74) is -2.87. The van der Waals surface area contributed by atoms with E-state index in [1.807, 2.05) is 4.90 Å². The molecule has 0 bridgehead atoms. The van der Waals surface area contributed by atoms with Crippen LogP contribution in [0.15, 0.2) is 39.6 Å². The van der Waals surface area contributed by atoms with Gasteiger partial charge >= 0.3 is 12.4 Å². The monoisotopic (exact) mass is 664 g/mol. The van der Waals surface area contributed by atoms with Crippen molar-refractivity contribution in [2.45, 2.75) is 44.6 Å². The maximum atomic E-state index is 13.2. The van der Waals surface area contributed by atoms with E-state index >= 15 is 0 Å². The van der Waals surface area contributed by atoms with Gasteiger partial charge in [-0.25, -0.2) is 0 Å². The van der Waals surface area contributed by atoms with Crippen LogP contribution in [0.3, 0.4) is 0 Å². The number of likely N-dealkylation sites (tertiary alicyclic amines) is 1. The van der Waals surface area contributed by atoms with E-state index in [1.54, 1.807) is 0 Å². The number of aromatic nitrogens is 1. The summed E-state index contributed by atoms with van der Waals surface area (Å²) in [4.78, 5) is 31.4. The summed E-state index contributed by atoms with van der Waals surface area (Å²) < 4.78 is 78.7. The fraction of sp³-hybridized carbons (Fsp3) is 0.462. The molecule has 15 heteroatoms. The highest BCUT2D eigenvalue weighted by Gasteiger charge is 2.39. The largest absolute Gasteiger partial charge is 0.417 e. The van der Waals surface area contributed by atoms with Gasteiger partial charge in [0, 0.05) is 30.2 Å². The minimum Gasteiger partial charge on any atom is -0.348 e. The molecule has 3 heterocycles. The zero-order valence-corrected chi connectivity index (χ0v) is 23.7. The number of hydrogen-bond acceptors (Lipinski definition) is 7. The van der Waals surface area contributed by atoms with E-state index in [1.165, 1.54) is 12.1 Å². The SMILES string of the molecule is O=c1nc(N2CCC3(CCN(Cc4ccc(C(F)(F)F)c(Br)c4)CC3)CC2)sc2c([N+](=O)[O-])cc(C(F)(F)F)cc12. The minimum absolute atomic E-state index is 0.0130. The number of non-ortho nitro benzene ring substituents is 1. The van der Waals surface area contributed by atoms with Gasteiger partial charge in [0.1, 0.15) is 4.70 Å². The normalized spacial score (nSPS) is 18.3. The van der Waals surface area contributed by atoms with E-state index in [4.69, 9.17) is 0 Å². The summed E-state index contributed by atoms with van der Waals surface area (Å²) >= 11 is 3.87. The van der Waals surface area contributed by atoms with Crippen LogP contribution in [0.5, 0.6) is 0 Å². The Balaban J connectivity index is 1.25. The summed E-state index contributed by atoms with van der Waals surface area (Å²) in [6.07, 6.45) is -5.94. The van der Waals surface area contributed by atoms with Crippen LogP contribution in [0.25, 0.3) is 10.1 Å². The number of nitro groups is 1. The molecule has 0 atom stereocenters. The van der Waals surface area contributed by atoms with Gasteiger partial charge in [0.25, 0.3) is 11.2 Å². The van der Waals surface area contributed by atoms with E-state index < -0.39 is 45.0 Å². The predicted octanol–water partition coefficient (Wildman–Crippen LogP) is 7.25. The van der Waals surface area contributed by atoms with E-state index in [0.29, 0.717) is 31.8 Å². The lowest BCUT2D eigenvalue weighted by atomic mass is 9.71. The van der Waals surface area contributed by atoms with Crippen molar-refractivity contribution in [2.75, 3.05) is 31.1 Å². The first-order chi connectivity index (χ1) is 19.1. The van der Waals surface area contributed by atoms with Crippen molar-refractivity contribution in [1.29, 1.82) is 0 Å². The molecule has 2 fully saturated rings. The van der Waals surface area contributed by atoms with Gasteiger partial charge < -0.3 is 4.90 Å². The lowest BCUT2D eigenvalue weighted by Gasteiger charge is -2.47. The van der Waals surface area contributed by atoms with Gasteiger partial charge in [-0.3, -0.25) is 19.8 Å². The first-order valence-electron chi connectivity index (χ1n) is 12.7. The maximum Gasteiger partial charge on any atom is 0.417 e. The number of anilines is 1. The number of benzene rings is 2. The molecule has 5 rings (SSSR count). The average Bonchev–Trinajstić information content (AvgIpc) is 2.89. The van der Waals surface area contributed by atoms with Gasteiger partial charge in [0.2, 0.25) is 0 Å². The van der Waals surface area contributed by atoms with Gasteiger partial charge in [-0.2, -0.15) is 31.3 Å². The minimum atomic E-state index is -4.85. The Kier molecular flexibility index (Phi) is 7.83. The molecule has 220 valence electrons. The molecule has 2 saturated heterocycles. The molecule has 2 aromatic carbocycles. The zero-order chi connectivity index (χ0) is 29.7. The maximum absolute atomic E-state index is 13.2. The number of nitro benzene ring substituents is 1. The third-order valence-electron chi connectivity index (χ3n) is 7.97. The highest BCUT2D eigenvalue weighted by atomic mass is 79.9. The first kappa shape index (κ1) is 29.7. The van der Waals surface area contributed by atoms with Crippen LogP contribution in [0.2, 0.25) is 0 Å². The van der Waals surface area contributed by atoms with Gasteiger partial charge in [0.05, 0.1) is 21.4 Å². The van der Waals surface area contributed by atoms with E-state index in [0.717, 1.165) is 61.7 Å². The summed E-state index contributed by atoms with van der Waals surface area (Å²) in [7, 11) is 0. The highest BCUT2D eigenvalue weighted by Crippen LogP contribution is 2.44. The van der Waals surface area contributed by atoms with E-state index in [9.17, 15) is 41.3 Å². The van der Waals surface area contributed by atoms with E-state index in [2.05, 4.69) is 25.8 Å². The van der Waals surface area contributed by atoms with E-state index in [-0.39, 0.29) is 19.7 Å². The standard InChI is InChI=1S/C26H23BrF6N4O3S/c27-19-11-15(1-2-18(19)26(31,32)33)14-35-7-3-24(4-8-35)5-9-36(10-6-24)23-34-22(38)17-12-16(25(28,29)30)13-20(37(39)40)21(17)41-23/h1-2,11-13H,3-10,14H2. The molecule has 41 heavy (non-hydrogen) atoms. The number of fused-ring (bicyclic) bond motifs is 1. The molecule has 3 aromatic rings. The molecule has 1 aromatic heterocycles. The third kappa shape index (κ3) is 6.21. The Morgan fingerprint density at radius 1 is 0.976 bits per heavy atom. The Labute approximate surface area is 242 Å². The molecule has 0 N–H and O–H groups in total. The number of nitrogens with zero attached hydrogens (tertiary/aromatic N) is 4. The van der Waals surface area contributed by atoms with Gasteiger partial charge in [-0.1, -0.05) is 33.3 Å². The van der Waals surface area contributed by atoms with Crippen molar-refractivity contribution in [3.05, 3.63) is 72.0 Å². The third-order valence-corrected chi connectivity index (χ3v) is 9.79. The van der Waals surface area contributed by atoms with Crippen molar-refractivity contribution in [2.24, 2.45) is 5.41 Å². The van der Waals surface area contributed by atoms with Crippen molar-refractivity contribution in [3.8, 4) is 0 Å². The number of piperidine rings is 2. The lowest BCUT2D eigenvalue weighted by Crippen LogP contribution is -2.46. The fourth-order valence-electron chi connectivity index (χ4n) is 5.58. The Hall–Kier alpha value is -2.78. The molecule has 2 aliphatic heterocycles. The van der Waals surface area contributed by atoms with Crippen LogP contribution in [0.4, 0.5) is 37.2 Å². The van der Waals surface area contributed by atoms with Gasteiger partial charge in [0.15, 0.2) is 5.13 Å². The lowest BCUT2D eigenvalue weighted by molar-refractivity contribution is -0.383. The smallest absolute Gasteiger partial charge is 0.348 e. The number of rotatable bonds is 4. The average molecular weight is 665 g/mol. The van der Waals surface area contributed by atoms with Crippen molar-refractivity contribution < 1.29 is 31.3 Å². The van der Waals surface area contributed by atoms with Crippen molar-refractivity contribution >= 4 is 48.2 Å². The van der Waals surface area contributed by atoms with Crippen LogP contribution in [0, 0.1) is 15.5 Å². The fourth-order valence-corrected chi connectivity index (χ4v) is 7.35. The Morgan fingerprint density at radius 2 is 1.61 bits per heavy atom. The summed E-state index contributed by atoms with van der Waals surface area (Å²) in [6, 6.07) is 5.14. The van der Waals surface area contributed by atoms with Crippen LogP contribution in [-0.4, -0.2) is 41.0 Å². The molecule has 0 aliphatic carbocycles. The summed E-state index contributed by atoms with van der Waals surface area (Å²) in [6.45, 7) is 3.15. The second-order valence-electron chi connectivity index (χ2n) is 10.5. The van der Waals surface area contributed by atoms with Gasteiger partial charge in [-0.15, -0.1) is 0 Å². The van der Waals surface area contributed by atoms with Crippen LogP contribution in [-0.2, 0) is 18.9 Å². The molecule has 0 amide bonds. The molecule has 0 unspecified atom stereocenters. The summed E-state index contributed by atoms with van der Waals surface area (Å²) in [5, 5.41) is 11.4. The quantitative estimate of drug-likeness (QED) is 0.166. The predicted molar refractivity (Wildman–Crippen MR) is 145 cm³/mol. The number of hydrogen-bond donors (Lipinski definition) is 0. The highest BCUT2D eigenvalue weighted by molar-refractivity contribution is 9.10. The molecular weight excluding hydrogens is 642 g/mol. The van der Waals surface area contributed by atoms with Gasteiger partial charge in [-0.05, 0) is 68.0 Å². The molecular formula is C26H23BrF6N4O3S. The Morgan fingerprint density at radius 3 is 2.17 bits per heavy atom. The van der Waals surface area contributed by atoms with Crippen LogP contribution < -0.4 is 10.5 Å². The molecule has 0 radical (unpaired) electrons. The molecule has 1 spiro atoms. The number of halogens is 7. The van der Waals surface area contributed by atoms with Crippen LogP contribution >= 0.6 is 27.3 Å². The zero-order valence-electron chi connectivity index (χ0n) is 21.3. The van der Waals surface area contributed by atoms with Crippen molar-refractivity contribution in [3.63, 3.8) is 0 Å². The first-order valence-corrected chi connectivity index (χ1v) is 14.3. The molecule has 2 aliphatic rings. The number of alkyl halides is 6. The Bertz CT molecular complexity index is 1540. The second kappa shape index (κ2) is 10.8. The summed E-state index contributed by atoms with van der Waals surface area (Å²) in [5.74, 6) is 0. The topological polar surface area (TPSA) is 79.6 Å². The molecule has 0 saturated carbocycles. The van der Waals surface area contributed by atoms with Crippen molar-refractivity contribution in [1.82, 2.24) is 9.88 Å².